The van der Waals surface area contributed by atoms with Gasteiger partial charge in [-0.25, -0.2) is 0 Å². The molecule has 0 bridgehead atoms. The van der Waals surface area contributed by atoms with Crippen LogP contribution in [0.4, 0.5) is 0 Å². The summed E-state index contributed by atoms with van der Waals surface area (Å²) in [4.78, 5) is 26.5. The van der Waals surface area contributed by atoms with Crippen molar-refractivity contribution < 1.29 is 14.7 Å². The maximum Gasteiger partial charge on any atom is 0.222 e. The lowest BCUT2D eigenvalue weighted by Crippen LogP contribution is -2.57. The van der Waals surface area contributed by atoms with E-state index in [1.54, 1.807) is 0 Å². The zero-order valence-electron chi connectivity index (χ0n) is 23.2. The second kappa shape index (κ2) is 11.2. The van der Waals surface area contributed by atoms with E-state index in [1.165, 1.54) is 51.4 Å². The number of carbonyl (C=O) groups is 2. The molecule has 8 atom stereocenters. The Labute approximate surface area is 215 Å². The molecule has 0 aliphatic heterocycles. The Bertz CT molecular complexity index is 752. The minimum Gasteiger partial charge on any atom is -0.393 e. The van der Waals surface area contributed by atoms with Crippen molar-refractivity contribution in [3.05, 3.63) is 0 Å². The number of amides is 1. The fourth-order valence-corrected chi connectivity index (χ4v) is 9.35. The zero-order chi connectivity index (χ0) is 25.2. The number of ketones is 1. The second-order valence-electron chi connectivity index (χ2n) is 13.5. The first-order valence-corrected chi connectivity index (χ1v) is 15.1. The van der Waals surface area contributed by atoms with Crippen LogP contribution < -0.4 is 0 Å². The Kier molecular flexibility index (Phi) is 8.71. The Morgan fingerprint density at radius 3 is 2.49 bits per heavy atom. The van der Waals surface area contributed by atoms with Crippen molar-refractivity contribution in [2.75, 3.05) is 13.6 Å². The number of aliphatic hydroxyl groups excluding tert-OH is 1. The highest BCUT2D eigenvalue weighted by Gasteiger charge is 2.62. The smallest absolute Gasteiger partial charge is 0.222 e. The molecule has 4 heteroatoms. The topological polar surface area (TPSA) is 57.6 Å². The summed E-state index contributed by atoms with van der Waals surface area (Å²) < 4.78 is 0. The van der Waals surface area contributed by atoms with Gasteiger partial charge in [0.15, 0.2) is 0 Å². The molecule has 0 saturated heterocycles. The fraction of sp³-hybridized carbons (Fsp3) is 0.935. The van der Waals surface area contributed by atoms with E-state index in [9.17, 15) is 14.7 Å². The van der Waals surface area contributed by atoms with Gasteiger partial charge in [-0.1, -0.05) is 52.9 Å². The number of fused-ring (bicyclic) bond motifs is 5. The maximum atomic E-state index is 12.4. The molecule has 4 fully saturated rings. The summed E-state index contributed by atoms with van der Waals surface area (Å²) in [5, 5.41) is 10.9. The number of carbonyl (C=O) groups excluding carboxylic acids is 2. The van der Waals surface area contributed by atoms with Crippen LogP contribution in [-0.4, -0.2) is 41.4 Å². The van der Waals surface area contributed by atoms with E-state index < -0.39 is 0 Å². The fourth-order valence-electron chi connectivity index (χ4n) is 9.35. The summed E-state index contributed by atoms with van der Waals surface area (Å²) in [6.45, 7) is 7.91. The summed E-state index contributed by atoms with van der Waals surface area (Å²) in [7, 11) is 1.92. The Morgan fingerprint density at radius 1 is 1.00 bits per heavy atom. The lowest BCUT2D eigenvalue weighted by Gasteiger charge is -2.62. The van der Waals surface area contributed by atoms with Crippen molar-refractivity contribution in [3.8, 4) is 0 Å². The van der Waals surface area contributed by atoms with Crippen LogP contribution in [0.3, 0.4) is 0 Å². The highest BCUT2D eigenvalue weighted by molar-refractivity contribution is 5.79. The molecule has 4 aliphatic rings. The molecule has 0 radical (unpaired) electrons. The van der Waals surface area contributed by atoms with Crippen LogP contribution in [-0.2, 0) is 9.59 Å². The average Bonchev–Trinajstić information content (AvgIpc) is 3.13. The zero-order valence-corrected chi connectivity index (χ0v) is 23.2. The number of rotatable bonds is 10. The molecule has 1 N–H and O–H groups in total. The molecule has 0 spiro atoms. The van der Waals surface area contributed by atoms with Gasteiger partial charge in [0.2, 0.25) is 5.91 Å². The van der Waals surface area contributed by atoms with Gasteiger partial charge in [0, 0.05) is 32.9 Å². The van der Waals surface area contributed by atoms with Crippen molar-refractivity contribution in [1.29, 1.82) is 0 Å². The van der Waals surface area contributed by atoms with Gasteiger partial charge in [0.1, 0.15) is 5.78 Å². The molecular formula is C31H53NO3. The van der Waals surface area contributed by atoms with E-state index >= 15 is 0 Å². The first-order chi connectivity index (χ1) is 16.7. The minimum absolute atomic E-state index is 0.116. The molecule has 0 aromatic heterocycles. The summed E-state index contributed by atoms with van der Waals surface area (Å²) in [6.07, 6.45) is 17.4. The normalized spacial score (nSPS) is 40.7. The molecule has 35 heavy (non-hydrogen) atoms. The molecule has 1 amide bonds. The molecule has 4 nitrogen and oxygen atoms in total. The minimum atomic E-state index is -0.119. The average molecular weight is 488 g/mol. The van der Waals surface area contributed by atoms with Crippen molar-refractivity contribution in [1.82, 2.24) is 4.90 Å². The van der Waals surface area contributed by atoms with Crippen molar-refractivity contribution in [3.63, 3.8) is 0 Å². The predicted molar refractivity (Wildman–Crippen MR) is 142 cm³/mol. The van der Waals surface area contributed by atoms with E-state index in [0.717, 1.165) is 69.2 Å². The molecule has 0 aromatic carbocycles. The van der Waals surface area contributed by atoms with Gasteiger partial charge in [-0.3, -0.25) is 9.59 Å². The van der Waals surface area contributed by atoms with Crippen LogP contribution >= 0.6 is 0 Å². The number of hydrogen-bond donors (Lipinski definition) is 1. The molecule has 0 aromatic rings. The van der Waals surface area contributed by atoms with E-state index in [4.69, 9.17) is 0 Å². The van der Waals surface area contributed by atoms with Crippen molar-refractivity contribution in [2.45, 2.75) is 130 Å². The first-order valence-electron chi connectivity index (χ1n) is 15.1. The predicted octanol–water partition coefficient (Wildman–Crippen LogP) is 6.78. The highest BCUT2D eigenvalue weighted by Crippen LogP contribution is 2.67. The van der Waals surface area contributed by atoms with Gasteiger partial charge in [-0.2, -0.15) is 0 Å². The summed E-state index contributed by atoms with van der Waals surface area (Å²) in [5.41, 5.74) is 0.450. The van der Waals surface area contributed by atoms with Gasteiger partial charge in [-0.15, -0.1) is 0 Å². The van der Waals surface area contributed by atoms with Gasteiger partial charge >= 0.3 is 0 Å². The number of unbranched alkanes of at least 4 members (excludes halogenated alkanes) is 4. The lowest BCUT2D eigenvalue weighted by atomic mass is 9.42. The number of Topliss-reactive ketones (excluding diaryl/α,β-unsaturated/α-hetero) is 1. The van der Waals surface area contributed by atoms with E-state index in [0.29, 0.717) is 35.4 Å². The van der Waals surface area contributed by atoms with Crippen LogP contribution in [0, 0.1) is 40.4 Å². The standard InChI is InChI=1S/C31H53NO3/c1-5-19-32(4)28(35)12-10-8-6-7-9-11-22-20-23-21-24(33)15-17-30(23,2)26-16-18-31(3)25(29(22)26)13-14-27(31)34/h22-23,25-27,29,34H,5-21H2,1-4H3/t22-,23+,25+,26+,27+,29+,30+,31+/m1/s1. The monoisotopic (exact) mass is 487 g/mol. The molecule has 0 heterocycles. The first kappa shape index (κ1) is 27.1. The summed E-state index contributed by atoms with van der Waals surface area (Å²) in [5.74, 6) is 4.26. The van der Waals surface area contributed by atoms with Crippen LogP contribution in [0.1, 0.15) is 124 Å². The Hall–Kier alpha value is -0.900. The third-order valence-corrected chi connectivity index (χ3v) is 11.6. The molecule has 4 saturated carbocycles. The maximum absolute atomic E-state index is 12.4. The quantitative estimate of drug-likeness (QED) is 0.345. The second-order valence-corrected chi connectivity index (χ2v) is 13.5. The van der Waals surface area contributed by atoms with Crippen LogP contribution in [0.5, 0.6) is 0 Å². The van der Waals surface area contributed by atoms with Gasteiger partial charge in [0.25, 0.3) is 0 Å². The van der Waals surface area contributed by atoms with Gasteiger partial charge < -0.3 is 10.0 Å². The van der Waals surface area contributed by atoms with Crippen LogP contribution in [0.2, 0.25) is 0 Å². The Morgan fingerprint density at radius 2 is 1.71 bits per heavy atom. The Balaban J connectivity index is 1.33. The van der Waals surface area contributed by atoms with E-state index in [1.807, 2.05) is 11.9 Å². The van der Waals surface area contributed by atoms with Crippen LogP contribution in [0.15, 0.2) is 0 Å². The number of hydrogen-bond acceptors (Lipinski definition) is 3. The van der Waals surface area contributed by atoms with Crippen molar-refractivity contribution >= 4 is 11.7 Å². The molecule has 200 valence electrons. The van der Waals surface area contributed by atoms with E-state index in [-0.39, 0.29) is 11.5 Å². The summed E-state index contributed by atoms with van der Waals surface area (Å²) >= 11 is 0. The van der Waals surface area contributed by atoms with Gasteiger partial charge in [0.05, 0.1) is 6.10 Å². The summed E-state index contributed by atoms with van der Waals surface area (Å²) in [6, 6.07) is 0. The number of nitrogens with zero attached hydrogens (tertiary/aromatic N) is 1. The lowest BCUT2D eigenvalue weighted by molar-refractivity contribution is -0.156. The number of aliphatic hydroxyl groups is 1. The third-order valence-electron chi connectivity index (χ3n) is 11.6. The molecule has 4 rings (SSSR count). The van der Waals surface area contributed by atoms with Gasteiger partial charge in [-0.05, 0) is 91.8 Å². The van der Waals surface area contributed by atoms with E-state index in [2.05, 4.69) is 20.8 Å². The SMILES string of the molecule is CCCN(C)C(=O)CCCCCCC[C@@H]1C[C@H]2CC(=O)CC[C@]2(C)[C@H]2CC[C@]3(C)[C@@H](O)CC[C@H]3[C@H]12. The van der Waals surface area contributed by atoms with Crippen LogP contribution in [0.25, 0.3) is 0 Å². The molecule has 4 aliphatic carbocycles. The highest BCUT2D eigenvalue weighted by atomic mass is 16.3. The molecule has 0 unspecified atom stereocenters. The molecular weight excluding hydrogens is 434 g/mol. The third kappa shape index (κ3) is 5.39. The largest absolute Gasteiger partial charge is 0.393 e. The van der Waals surface area contributed by atoms with Crippen molar-refractivity contribution in [2.24, 2.45) is 40.4 Å².